The third-order valence-corrected chi connectivity index (χ3v) is 4.51. The molecule has 2 rings (SSSR count). The summed E-state index contributed by atoms with van der Waals surface area (Å²) in [5, 5.41) is 6.93. The molecular weight excluding hydrogens is 353 g/mol. The smallest absolute Gasteiger partial charge is 0.191 e. The Hall–Kier alpha value is -0.0400. The first-order chi connectivity index (χ1) is 8.76. The monoisotopic (exact) mass is 381 g/mol. The first-order valence-corrected chi connectivity index (χ1v) is 7.35. The number of guanidine groups is 1. The van der Waals surface area contributed by atoms with Crippen molar-refractivity contribution in [3.63, 3.8) is 0 Å². The molecule has 0 radical (unpaired) electrons. The molecule has 0 heterocycles. The Balaban J connectivity index is 0.00000180. The average Bonchev–Trinajstić information content (AvgIpc) is 2.29. The van der Waals surface area contributed by atoms with Gasteiger partial charge in [-0.25, -0.2) is 0 Å². The molecule has 0 aromatic heterocycles. The van der Waals surface area contributed by atoms with E-state index in [9.17, 15) is 0 Å². The van der Waals surface area contributed by atoms with E-state index >= 15 is 0 Å². The van der Waals surface area contributed by atoms with Gasteiger partial charge in [-0.3, -0.25) is 4.99 Å². The van der Waals surface area contributed by atoms with Crippen LogP contribution in [0.1, 0.15) is 46.0 Å². The second kappa shape index (κ2) is 7.67. The zero-order chi connectivity index (χ0) is 13.0. The van der Waals surface area contributed by atoms with Gasteiger partial charge >= 0.3 is 0 Å². The third kappa shape index (κ3) is 3.35. The Kier molecular flexibility index (Phi) is 6.86. The largest absolute Gasteiger partial charge is 0.378 e. The van der Waals surface area contributed by atoms with Gasteiger partial charge in [-0.1, -0.05) is 13.3 Å². The molecule has 2 atom stereocenters. The fourth-order valence-electron chi connectivity index (χ4n) is 3.24. The van der Waals surface area contributed by atoms with E-state index in [-0.39, 0.29) is 24.0 Å². The van der Waals surface area contributed by atoms with Crippen LogP contribution in [0.2, 0.25) is 0 Å². The number of rotatable bonds is 5. The molecule has 0 saturated heterocycles. The highest BCUT2D eigenvalue weighted by molar-refractivity contribution is 14.0. The molecule has 2 N–H and O–H groups in total. The quantitative estimate of drug-likeness (QED) is 0.437. The molecule has 2 fully saturated rings. The molecule has 1 spiro atoms. The summed E-state index contributed by atoms with van der Waals surface area (Å²) >= 11 is 0. The molecule has 112 valence electrons. The summed E-state index contributed by atoms with van der Waals surface area (Å²) < 4.78 is 5.86. The topological polar surface area (TPSA) is 45.7 Å². The lowest BCUT2D eigenvalue weighted by molar-refractivity contribution is -0.168. The Morgan fingerprint density at radius 1 is 1.37 bits per heavy atom. The number of hydrogen-bond acceptors (Lipinski definition) is 2. The van der Waals surface area contributed by atoms with Gasteiger partial charge in [0.25, 0.3) is 0 Å². The van der Waals surface area contributed by atoms with Crippen molar-refractivity contribution in [2.45, 2.75) is 58.1 Å². The van der Waals surface area contributed by atoms with Crippen LogP contribution in [0.25, 0.3) is 0 Å². The summed E-state index contributed by atoms with van der Waals surface area (Å²) in [6.45, 7) is 6.08. The van der Waals surface area contributed by atoms with E-state index in [4.69, 9.17) is 4.74 Å². The Labute approximate surface area is 134 Å². The van der Waals surface area contributed by atoms with Crippen molar-refractivity contribution >= 4 is 29.9 Å². The van der Waals surface area contributed by atoms with Crippen LogP contribution in [0, 0.1) is 5.41 Å². The number of hydrogen-bond donors (Lipinski definition) is 2. The maximum atomic E-state index is 5.86. The zero-order valence-electron chi connectivity index (χ0n) is 12.4. The van der Waals surface area contributed by atoms with Gasteiger partial charge in [0.2, 0.25) is 0 Å². The summed E-state index contributed by atoms with van der Waals surface area (Å²) in [6.07, 6.45) is 6.68. The molecule has 5 heteroatoms. The summed E-state index contributed by atoms with van der Waals surface area (Å²) in [5.41, 5.74) is 0.403. The minimum absolute atomic E-state index is 0. The molecule has 2 saturated carbocycles. The highest BCUT2D eigenvalue weighted by atomic mass is 127. The maximum Gasteiger partial charge on any atom is 0.191 e. The molecule has 0 amide bonds. The van der Waals surface area contributed by atoms with Crippen LogP contribution < -0.4 is 10.6 Å². The third-order valence-electron chi connectivity index (χ3n) is 4.51. The molecule has 2 aliphatic rings. The fourth-order valence-corrected chi connectivity index (χ4v) is 3.24. The van der Waals surface area contributed by atoms with Crippen molar-refractivity contribution in [1.29, 1.82) is 0 Å². The van der Waals surface area contributed by atoms with Gasteiger partial charge in [0.05, 0.1) is 6.10 Å². The van der Waals surface area contributed by atoms with E-state index in [0.29, 0.717) is 17.6 Å². The van der Waals surface area contributed by atoms with E-state index in [1.165, 1.54) is 19.3 Å². The average molecular weight is 381 g/mol. The standard InChI is InChI=1S/C14H27N3O.HI/c1-4-9-16-13(15-3)17-11-10-12(18-5-2)14(11)7-6-8-14;/h11-12H,4-10H2,1-3H3,(H2,15,16,17);1H. The second-order valence-corrected chi connectivity index (χ2v) is 5.46. The molecule has 2 unspecified atom stereocenters. The lowest BCUT2D eigenvalue weighted by atomic mass is 9.51. The minimum Gasteiger partial charge on any atom is -0.378 e. The fraction of sp³-hybridized carbons (Fsp3) is 0.929. The molecule has 2 aliphatic carbocycles. The summed E-state index contributed by atoms with van der Waals surface area (Å²) in [5.74, 6) is 0.947. The number of aliphatic imine (C=N–C) groups is 1. The molecule has 0 aromatic carbocycles. The van der Waals surface area contributed by atoms with Gasteiger partial charge in [0.1, 0.15) is 0 Å². The van der Waals surface area contributed by atoms with Crippen molar-refractivity contribution in [1.82, 2.24) is 10.6 Å². The Morgan fingerprint density at radius 2 is 2.11 bits per heavy atom. The van der Waals surface area contributed by atoms with Crippen molar-refractivity contribution in [2.24, 2.45) is 10.4 Å². The SMILES string of the molecule is CCCNC(=NC)NC1CC(OCC)C12CCC2.I. The second-order valence-electron chi connectivity index (χ2n) is 5.46. The molecule has 4 nitrogen and oxygen atoms in total. The molecule has 19 heavy (non-hydrogen) atoms. The first kappa shape index (κ1) is 17.0. The molecule has 0 aromatic rings. The summed E-state index contributed by atoms with van der Waals surface area (Å²) in [4.78, 5) is 4.30. The maximum absolute atomic E-state index is 5.86. The van der Waals surface area contributed by atoms with E-state index in [1.807, 2.05) is 7.05 Å². The Morgan fingerprint density at radius 3 is 2.58 bits per heavy atom. The predicted molar refractivity (Wildman–Crippen MR) is 90.3 cm³/mol. The van der Waals surface area contributed by atoms with Crippen molar-refractivity contribution in [3.05, 3.63) is 0 Å². The van der Waals surface area contributed by atoms with Crippen LogP contribution >= 0.6 is 24.0 Å². The molecule has 0 aliphatic heterocycles. The van der Waals surface area contributed by atoms with Crippen LogP contribution in [0.15, 0.2) is 4.99 Å². The van der Waals surface area contributed by atoms with Crippen LogP contribution in [-0.2, 0) is 4.74 Å². The van der Waals surface area contributed by atoms with E-state index in [0.717, 1.165) is 32.0 Å². The highest BCUT2D eigenvalue weighted by Gasteiger charge is 2.59. The molecule has 0 bridgehead atoms. The van der Waals surface area contributed by atoms with Crippen LogP contribution in [0.4, 0.5) is 0 Å². The number of nitrogens with zero attached hydrogens (tertiary/aromatic N) is 1. The normalized spacial score (nSPS) is 28.1. The first-order valence-electron chi connectivity index (χ1n) is 7.35. The Bertz CT molecular complexity index is 305. The lowest BCUT2D eigenvalue weighted by Gasteiger charge is -2.61. The van der Waals surface area contributed by atoms with Crippen LogP contribution in [0.5, 0.6) is 0 Å². The van der Waals surface area contributed by atoms with Gasteiger partial charge in [-0.05, 0) is 32.6 Å². The van der Waals surface area contributed by atoms with Crippen molar-refractivity contribution in [2.75, 3.05) is 20.2 Å². The lowest BCUT2D eigenvalue weighted by Crippen LogP contribution is -2.68. The van der Waals surface area contributed by atoms with E-state index in [2.05, 4.69) is 29.5 Å². The van der Waals surface area contributed by atoms with Crippen molar-refractivity contribution in [3.8, 4) is 0 Å². The van der Waals surface area contributed by atoms with Gasteiger partial charge in [0.15, 0.2) is 5.96 Å². The van der Waals surface area contributed by atoms with Gasteiger partial charge in [0, 0.05) is 31.7 Å². The van der Waals surface area contributed by atoms with E-state index < -0.39 is 0 Å². The van der Waals surface area contributed by atoms with Crippen LogP contribution in [-0.4, -0.2) is 38.3 Å². The molecular formula is C14H28IN3O. The van der Waals surface area contributed by atoms with Crippen molar-refractivity contribution < 1.29 is 4.74 Å². The number of nitrogens with one attached hydrogen (secondary N) is 2. The number of ether oxygens (including phenoxy) is 1. The van der Waals surface area contributed by atoms with Gasteiger partial charge in [-0.15, -0.1) is 24.0 Å². The zero-order valence-corrected chi connectivity index (χ0v) is 14.7. The summed E-state index contributed by atoms with van der Waals surface area (Å²) in [7, 11) is 1.84. The highest BCUT2D eigenvalue weighted by Crippen LogP contribution is 2.57. The number of halogens is 1. The van der Waals surface area contributed by atoms with Gasteiger partial charge < -0.3 is 15.4 Å². The predicted octanol–water partition coefficient (Wildman–Crippen LogP) is 2.53. The van der Waals surface area contributed by atoms with E-state index in [1.54, 1.807) is 0 Å². The van der Waals surface area contributed by atoms with Gasteiger partial charge in [-0.2, -0.15) is 0 Å². The summed E-state index contributed by atoms with van der Waals surface area (Å²) in [6, 6.07) is 0.547. The minimum atomic E-state index is 0. The van der Waals surface area contributed by atoms with Crippen LogP contribution in [0.3, 0.4) is 0 Å².